The highest BCUT2D eigenvalue weighted by Gasteiger charge is 2.08. The summed E-state index contributed by atoms with van der Waals surface area (Å²) in [6.45, 7) is 4.19. The van der Waals surface area contributed by atoms with E-state index in [9.17, 15) is 0 Å². The highest BCUT2D eigenvalue weighted by atomic mass is 14.7. The standard InChI is InChI=1S/C10H11N/c1-7-6-8(2)11-10-5-3-4-9(7)10/h3-4,6H,5H2,1-2H3. The van der Waals surface area contributed by atoms with E-state index in [0.717, 1.165) is 12.1 Å². The molecule has 1 aliphatic carbocycles. The molecule has 0 unspecified atom stereocenters. The van der Waals surface area contributed by atoms with Gasteiger partial charge in [-0.2, -0.15) is 0 Å². The van der Waals surface area contributed by atoms with E-state index < -0.39 is 0 Å². The number of hydrogen-bond donors (Lipinski definition) is 0. The van der Waals surface area contributed by atoms with Crippen LogP contribution in [0.5, 0.6) is 0 Å². The second-order valence-corrected chi connectivity index (χ2v) is 3.05. The maximum Gasteiger partial charge on any atom is 0.0519 e. The number of allylic oxidation sites excluding steroid dienone is 1. The first-order valence-corrected chi connectivity index (χ1v) is 3.91. The highest BCUT2D eigenvalue weighted by Crippen LogP contribution is 2.21. The third-order valence-electron chi connectivity index (χ3n) is 2.07. The monoisotopic (exact) mass is 145 g/mol. The molecule has 1 heteroatoms. The highest BCUT2D eigenvalue weighted by molar-refractivity contribution is 5.61. The van der Waals surface area contributed by atoms with Crippen molar-refractivity contribution in [1.82, 2.24) is 4.98 Å². The fourth-order valence-corrected chi connectivity index (χ4v) is 1.60. The summed E-state index contributed by atoms with van der Waals surface area (Å²) < 4.78 is 0. The quantitative estimate of drug-likeness (QED) is 0.545. The molecule has 0 saturated carbocycles. The van der Waals surface area contributed by atoms with Crippen LogP contribution in [0.2, 0.25) is 0 Å². The van der Waals surface area contributed by atoms with E-state index in [1.807, 2.05) is 6.92 Å². The fraction of sp³-hybridized carbons (Fsp3) is 0.300. The maximum absolute atomic E-state index is 4.45. The van der Waals surface area contributed by atoms with Crippen LogP contribution in [-0.2, 0) is 6.42 Å². The summed E-state index contributed by atoms with van der Waals surface area (Å²) in [4.78, 5) is 4.45. The van der Waals surface area contributed by atoms with Gasteiger partial charge in [-0.1, -0.05) is 12.2 Å². The van der Waals surface area contributed by atoms with Crippen LogP contribution < -0.4 is 0 Å². The smallest absolute Gasteiger partial charge is 0.0519 e. The van der Waals surface area contributed by atoms with Crippen LogP contribution in [0.25, 0.3) is 6.08 Å². The average molecular weight is 145 g/mol. The molecule has 0 atom stereocenters. The van der Waals surface area contributed by atoms with Gasteiger partial charge < -0.3 is 0 Å². The predicted octanol–water partition coefficient (Wildman–Crippen LogP) is 2.27. The number of pyridine rings is 1. The largest absolute Gasteiger partial charge is 0.257 e. The van der Waals surface area contributed by atoms with Crippen molar-refractivity contribution < 1.29 is 0 Å². The Morgan fingerprint density at radius 1 is 1.36 bits per heavy atom. The minimum Gasteiger partial charge on any atom is -0.257 e. The maximum atomic E-state index is 4.45. The van der Waals surface area contributed by atoms with Gasteiger partial charge in [0, 0.05) is 12.1 Å². The predicted molar refractivity (Wildman–Crippen MR) is 46.4 cm³/mol. The molecule has 0 N–H and O–H groups in total. The zero-order valence-corrected chi connectivity index (χ0v) is 6.89. The summed E-state index contributed by atoms with van der Waals surface area (Å²) >= 11 is 0. The molecule has 0 aromatic carbocycles. The second kappa shape index (κ2) is 2.19. The first kappa shape index (κ1) is 6.59. The van der Waals surface area contributed by atoms with Crippen LogP contribution >= 0.6 is 0 Å². The van der Waals surface area contributed by atoms with Crippen molar-refractivity contribution in [3.8, 4) is 0 Å². The Morgan fingerprint density at radius 3 is 3.00 bits per heavy atom. The second-order valence-electron chi connectivity index (χ2n) is 3.05. The van der Waals surface area contributed by atoms with E-state index >= 15 is 0 Å². The molecule has 1 nitrogen and oxygen atoms in total. The minimum atomic E-state index is 1.01. The molecule has 0 saturated heterocycles. The Bertz CT molecular complexity index is 324. The molecular weight excluding hydrogens is 134 g/mol. The van der Waals surface area contributed by atoms with Gasteiger partial charge in [0.15, 0.2) is 0 Å². The Labute approximate surface area is 66.8 Å². The number of aryl methyl sites for hydroxylation is 2. The summed E-state index contributed by atoms with van der Waals surface area (Å²) in [6.07, 6.45) is 5.35. The Balaban J connectivity index is 2.67. The summed E-state index contributed by atoms with van der Waals surface area (Å²) in [5.41, 5.74) is 5.05. The lowest BCUT2D eigenvalue weighted by atomic mass is 10.1. The van der Waals surface area contributed by atoms with Crippen molar-refractivity contribution in [3.05, 3.63) is 34.7 Å². The molecule has 0 spiro atoms. The Hall–Kier alpha value is -1.11. The SMILES string of the molecule is Cc1cc(C)c2c(n1)CC=C2. The van der Waals surface area contributed by atoms with Gasteiger partial charge in [0.25, 0.3) is 0 Å². The van der Waals surface area contributed by atoms with Crippen LogP contribution in [0.1, 0.15) is 22.5 Å². The van der Waals surface area contributed by atoms with Crippen LogP contribution in [0, 0.1) is 13.8 Å². The molecule has 1 aromatic rings. The first-order chi connectivity index (χ1) is 5.27. The molecule has 0 radical (unpaired) electrons. The Morgan fingerprint density at radius 2 is 2.18 bits per heavy atom. The van der Waals surface area contributed by atoms with Crippen LogP contribution in [0.4, 0.5) is 0 Å². The topological polar surface area (TPSA) is 12.9 Å². The van der Waals surface area contributed by atoms with E-state index in [1.165, 1.54) is 16.8 Å². The molecule has 2 rings (SSSR count). The van der Waals surface area contributed by atoms with E-state index in [4.69, 9.17) is 0 Å². The molecule has 56 valence electrons. The summed E-state index contributed by atoms with van der Waals surface area (Å²) in [6, 6.07) is 2.13. The molecule has 0 bridgehead atoms. The molecular formula is C10H11N. The summed E-state index contributed by atoms with van der Waals surface area (Å²) in [7, 11) is 0. The normalized spacial score (nSPS) is 13.6. The van der Waals surface area contributed by atoms with Gasteiger partial charge in [-0.25, -0.2) is 0 Å². The lowest BCUT2D eigenvalue weighted by Crippen LogP contribution is -1.93. The van der Waals surface area contributed by atoms with Crippen molar-refractivity contribution in [1.29, 1.82) is 0 Å². The lowest BCUT2D eigenvalue weighted by molar-refractivity contribution is 1.06. The molecule has 1 aliphatic rings. The fourth-order valence-electron chi connectivity index (χ4n) is 1.60. The van der Waals surface area contributed by atoms with Gasteiger partial charge >= 0.3 is 0 Å². The lowest BCUT2D eigenvalue weighted by Gasteiger charge is -2.03. The molecule has 0 fully saturated rings. The number of rotatable bonds is 0. The van der Waals surface area contributed by atoms with Gasteiger partial charge in [0.05, 0.1) is 5.69 Å². The number of hydrogen-bond acceptors (Lipinski definition) is 1. The Kier molecular flexibility index (Phi) is 1.31. The van der Waals surface area contributed by atoms with E-state index in [0.29, 0.717) is 0 Å². The molecule has 0 aliphatic heterocycles. The van der Waals surface area contributed by atoms with Gasteiger partial charge in [-0.05, 0) is 31.0 Å². The van der Waals surface area contributed by atoms with Crippen molar-refractivity contribution in [2.24, 2.45) is 0 Å². The van der Waals surface area contributed by atoms with Gasteiger partial charge in [0.1, 0.15) is 0 Å². The zero-order valence-electron chi connectivity index (χ0n) is 6.89. The van der Waals surface area contributed by atoms with Crippen molar-refractivity contribution in [2.45, 2.75) is 20.3 Å². The molecule has 1 heterocycles. The zero-order chi connectivity index (χ0) is 7.84. The minimum absolute atomic E-state index is 1.01. The third kappa shape index (κ3) is 0.967. The number of fused-ring (bicyclic) bond motifs is 1. The molecule has 0 amide bonds. The van der Waals surface area contributed by atoms with E-state index in [-0.39, 0.29) is 0 Å². The number of aromatic nitrogens is 1. The summed E-state index contributed by atoms with van der Waals surface area (Å²) in [5.74, 6) is 0. The van der Waals surface area contributed by atoms with Crippen LogP contribution in [-0.4, -0.2) is 4.98 Å². The summed E-state index contributed by atoms with van der Waals surface area (Å²) in [5, 5.41) is 0. The van der Waals surface area contributed by atoms with Crippen LogP contribution in [0.15, 0.2) is 12.1 Å². The van der Waals surface area contributed by atoms with Gasteiger partial charge in [0.2, 0.25) is 0 Å². The van der Waals surface area contributed by atoms with Crippen molar-refractivity contribution in [2.75, 3.05) is 0 Å². The third-order valence-corrected chi connectivity index (χ3v) is 2.07. The first-order valence-electron chi connectivity index (χ1n) is 3.91. The molecule has 1 aromatic heterocycles. The van der Waals surface area contributed by atoms with E-state index in [1.54, 1.807) is 0 Å². The molecule has 11 heavy (non-hydrogen) atoms. The van der Waals surface area contributed by atoms with Crippen LogP contribution in [0.3, 0.4) is 0 Å². The van der Waals surface area contributed by atoms with Gasteiger partial charge in [-0.15, -0.1) is 0 Å². The van der Waals surface area contributed by atoms with Crippen molar-refractivity contribution >= 4 is 6.08 Å². The number of nitrogens with zero attached hydrogens (tertiary/aromatic N) is 1. The van der Waals surface area contributed by atoms with E-state index in [2.05, 4.69) is 30.1 Å². The van der Waals surface area contributed by atoms with Crippen molar-refractivity contribution in [3.63, 3.8) is 0 Å². The average Bonchev–Trinajstić information content (AvgIpc) is 2.34. The van der Waals surface area contributed by atoms with Gasteiger partial charge in [-0.3, -0.25) is 4.98 Å².